The van der Waals surface area contributed by atoms with Gasteiger partial charge >= 0.3 is 6.09 Å². The SMILES string of the molecule is CN(C(=O)[C@@H]1CCCN1C(=O)OC(C)(C)C)c1ccc2ccn(C)c2n1. The van der Waals surface area contributed by atoms with Crippen LogP contribution < -0.4 is 4.90 Å². The maximum absolute atomic E-state index is 13.0. The van der Waals surface area contributed by atoms with Gasteiger partial charge in [0.05, 0.1) is 0 Å². The average molecular weight is 358 g/mol. The van der Waals surface area contributed by atoms with E-state index in [1.165, 1.54) is 9.80 Å². The van der Waals surface area contributed by atoms with Gasteiger partial charge in [-0.1, -0.05) is 0 Å². The van der Waals surface area contributed by atoms with Crippen molar-refractivity contribution in [2.24, 2.45) is 7.05 Å². The molecular weight excluding hydrogens is 332 g/mol. The molecule has 7 nitrogen and oxygen atoms in total. The highest BCUT2D eigenvalue weighted by Crippen LogP contribution is 2.25. The van der Waals surface area contributed by atoms with Gasteiger partial charge in [0.2, 0.25) is 0 Å². The van der Waals surface area contributed by atoms with Crippen LogP contribution >= 0.6 is 0 Å². The lowest BCUT2D eigenvalue weighted by molar-refractivity contribution is -0.122. The van der Waals surface area contributed by atoms with Crippen LogP contribution in [-0.4, -0.2) is 51.7 Å². The summed E-state index contributed by atoms with van der Waals surface area (Å²) < 4.78 is 7.36. The largest absolute Gasteiger partial charge is 0.444 e. The number of aryl methyl sites for hydroxylation is 1. The number of hydrogen-bond donors (Lipinski definition) is 0. The van der Waals surface area contributed by atoms with E-state index in [1.807, 2.05) is 56.8 Å². The second kappa shape index (κ2) is 6.63. The number of carbonyl (C=O) groups excluding carboxylic acids is 2. The van der Waals surface area contributed by atoms with Crippen molar-refractivity contribution in [2.75, 3.05) is 18.5 Å². The minimum Gasteiger partial charge on any atom is -0.444 e. The van der Waals surface area contributed by atoms with Crippen molar-refractivity contribution >= 4 is 28.9 Å². The Labute approximate surface area is 153 Å². The molecule has 1 fully saturated rings. The maximum Gasteiger partial charge on any atom is 0.410 e. The van der Waals surface area contributed by atoms with Gasteiger partial charge in [0.1, 0.15) is 23.1 Å². The molecule has 7 heteroatoms. The number of pyridine rings is 1. The summed E-state index contributed by atoms with van der Waals surface area (Å²) in [4.78, 5) is 33.1. The normalized spacial score (nSPS) is 17.6. The Hall–Kier alpha value is -2.57. The highest BCUT2D eigenvalue weighted by Gasteiger charge is 2.38. The zero-order valence-corrected chi connectivity index (χ0v) is 16.0. The van der Waals surface area contributed by atoms with Crippen molar-refractivity contribution in [3.63, 3.8) is 0 Å². The summed E-state index contributed by atoms with van der Waals surface area (Å²) in [5.41, 5.74) is 0.232. The number of hydrogen-bond acceptors (Lipinski definition) is 4. The number of amides is 2. The van der Waals surface area contributed by atoms with Crippen LogP contribution in [0.15, 0.2) is 24.4 Å². The van der Waals surface area contributed by atoms with Crippen molar-refractivity contribution in [2.45, 2.75) is 45.3 Å². The van der Waals surface area contributed by atoms with Gasteiger partial charge in [-0.2, -0.15) is 0 Å². The quantitative estimate of drug-likeness (QED) is 0.828. The molecule has 0 unspecified atom stereocenters. The number of aromatic nitrogens is 2. The van der Waals surface area contributed by atoms with E-state index in [0.717, 1.165) is 17.5 Å². The van der Waals surface area contributed by atoms with E-state index >= 15 is 0 Å². The first-order chi connectivity index (χ1) is 12.2. The minimum absolute atomic E-state index is 0.144. The van der Waals surface area contributed by atoms with Crippen LogP contribution in [0, 0.1) is 0 Å². The van der Waals surface area contributed by atoms with E-state index in [2.05, 4.69) is 4.98 Å². The molecule has 0 radical (unpaired) electrons. The lowest BCUT2D eigenvalue weighted by atomic mass is 10.2. The summed E-state index contributed by atoms with van der Waals surface area (Å²) in [5.74, 6) is 0.426. The van der Waals surface area contributed by atoms with E-state index in [1.54, 1.807) is 7.05 Å². The molecule has 2 amide bonds. The van der Waals surface area contributed by atoms with Crippen molar-refractivity contribution in [3.8, 4) is 0 Å². The second-order valence-corrected chi connectivity index (χ2v) is 7.74. The Bertz CT molecular complexity index is 837. The van der Waals surface area contributed by atoms with Crippen LogP contribution in [0.4, 0.5) is 10.6 Å². The molecule has 0 spiro atoms. The van der Waals surface area contributed by atoms with Crippen LogP contribution in [0.1, 0.15) is 33.6 Å². The van der Waals surface area contributed by atoms with Gasteiger partial charge in [-0.25, -0.2) is 9.78 Å². The molecule has 0 saturated carbocycles. The average Bonchev–Trinajstić information content (AvgIpc) is 3.19. The second-order valence-electron chi connectivity index (χ2n) is 7.74. The number of likely N-dealkylation sites (N-methyl/N-ethyl adjacent to an activating group) is 1. The van der Waals surface area contributed by atoms with E-state index in [-0.39, 0.29) is 5.91 Å². The van der Waals surface area contributed by atoms with Crippen LogP contribution in [0.25, 0.3) is 11.0 Å². The first kappa shape index (κ1) is 18.2. The summed E-state index contributed by atoms with van der Waals surface area (Å²) in [5, 5.41) is 1.02. The lowest BCUT2D eigenvalue weighted by Crippen LogP contribution is -2.48. The first-order valence-electron chi connectivity index (χ1n) is 8.86. The van der Waals surface area contributed by atoms with Gasteiger partial charge < -0.3 is 9.30 Å². The molecule has 2 aromatic rings. The molecule has 1 aliphatic heterocycles. The molecule has 2 aromatic heterocycles. The predicted molar refractivity (Wildman–Crippen MR) is 100 cm³/mol. The fourth-order valence-corrected chi connectivity index (χ4v) is 3.21. The molecule has 0 aromatic carbocycles. The van der Waals surface area contributed by atoms with Gasteiger partial charge in [-0.15, -0.1) is 0 Å². The molecule has 0 N–H and O–H groups in total. The number of nitrogens with zero attached hydrogens (tertiary/aromatic N) is 4. The Balaban J connectivity index is 1.80. The molecule has 1 saturated heterocycles. The maximum atomic E-state index is 13.0. The van der Waals surface area contributed by atoms with E-state index in [4.69, 9.17) is 4.74 Å². The first-order valence-corrected chi connectivity index (χ1v) is 8.86. The van der Waals surface area contributed by atoms with Crippen molar-refractivity contribution in [1.29, 1.82) is 0 Å². The Morgan fingerprint density at radius 3 is 2.69 bits per heavy atom. The molecule has 0 aliphatic carbocycles. The number of fused-ring (bicyclic) bond motifs is 1. The van der Waals surface area contributed by atoms with Gasteiger partial charge in [0.15, 0.2) is 0 Å². The number of anilines is 1. The summed E-state index contributed by atoms with van der Waals surface area (Å²) >= 11 is 0. The molecule has 3 heterocycles. The Morgan fingerprint density at radius 2 is 2.00 bits per heavy atom. The number of ether oxygens (including phenoxy) is 1. The van der Waals surface area contributed by atoms with Crippen molar-refractivity contribution in [3.05, 3.63) is 24.4 Å². The van der Waals surface area contributed by atoms with E-state index in [9.17, 15) is 9.59 Å². The van der Waals surface area contributed by atoms with Gasteiger partial charge in [-0.3, -0.25) is 14.6 Å². The molecule has 140 valence electrons. The Morgan fingerprint density at radius 1 is 1.27 bits per heavy atom. The highest BCUT2D eigenvalue weighted by molar-refractivity contribution is 5.98. The molecule has 3 rings (SSSR count). The van der Waals surface area contributed by atoms with Gasteiger partial charge in [-0.05, 0) is 51.8 Å². The highest BCUT2D eigenvalue weighted by atomic mass is 16.6. The molecule has 1 atom stereocenters. The topological polar surface area (TPSA) is 67.7 Å². The van der Waals surface area contributed by atoms with Crippen LogP contribution in [0.5, 0.6) is 0 Å². The lowest BCUT2D eigenvalue weighted by Gasteiger charge is -2.30. The van der Waals surface area contributed by atoms with Crippen LogP contribution in [0.2, 0.25) is 0 Å². The zero-order valence-electron chi connectivity index (χ0n) is 16.0. The van der Waals surface area contributed by atoms with Crippen molar-refractivity contribution in [1.82, 2.24) is 14.5 Å². The van der Waals surface area contributed by atoms with Crippen LogP contribution in [0.3, 0.4) is 0 Å². The van der Waals surface area contributed by atoms with E-state index in [0.29, 0.717) is 18.8 Å². The molecular formula is C19H26N4O3. The van der Waals surface area contributed by atoms with Gasteiger partial charge in [0, 0.05) is 32.2 Å². The summed E-state index contributed by atoms with van der Waals surface area (Å²) in [6.45, 7) is 6.00. The Kier molecular flexibility index (Phi) is 4.64. The zero-order chi connectivity index (χ0) is 19.1. The third-order valence-corrected chi connectivity index (χ3v) is 4.54. The molecule has 0 bridgehead atoms. The predicted octanol–water partition coefficient (Wildman–Crippen LogP) is 2.94. The molecule has 1 aliphatic rings. The number of likely N-dealkylation sites (tertiary alicyclic amines) is 1. The number of rotatable bonds is 2. The fraction of sp³-hybridized carbons (Fsp3) is 0.526. The summed E-state index contributed by atoms with van der Waals surface area (Å²) in [6, 6.07) is 5.24. The van der Waals surface area contributed by atoms with E-state index < -0.39 is 17.7 Å². The minimum atomic E-state index is -0.585. The third-order valence-electron chi connectivity index (χ3n) is 4.54. The molecule has 26 heavy (non-hydrogen) atoms. The smallest absolute Gasteiger partial charge is 0.410 e. The van der Waals surface area contributed by atoms with Crippen LogP contribution in [-0.2, 0) is 16.6 Å². The summed E-state index contributed by atoms with van der Waals surface area (Å²) in [7, 11) is 3.62. The van der Waals surface area contributed by atoms with Crippen molar-refractivity contribution < 1.29 is 14.3 Å². The standard InChI is InChI=1S/C19H26N4O3/c1-19(2,3)26-18(25)23-11-6-7-14(23)17(24)22(5)15-9-8-13-10-12-21(4)16(13)20-15/h8-10,12,14H,6-7,11H2,1-5H3/t14-/m0/s1. The van der Waals surface area contributed by atoms with Gasteiger partial charge in [0.25, 0.3) is 5.91 Å². The third kappa shape index (κ3) is 3.52. The monoisotopic (exact) mass is 358 g/mol. The fourth-order valence-electron chi connectivity index (χ4n) is 3.21. The summed E-state index contributed by atoms with van der Waals surface area (Å²) in [6.07, 6.45) is 2.92. The number of carbonyl (C=O) groups is 2.